The number of hydrogen-bond donors (Lipinski definition) is 1. The van der Waals surface area contributed by atoms with E-state index in [1.165, 1.54) is 0 Å². The van der Waals surface area contributed by atoms with E-state index in [-0.39, 0.29) is 28.5 Å². The fourth-order valence-electron chi connectivity index (χ4n) is 2.30. The molecule has 1 aliphatic rings. The summed E-state index contributed by atoms with van der Waals surface area (Å²) in [5.74, 6) is 0.333. The minimum absolute atomic E-state index is 0.0476. The molecule has 1 fully saturated rings. The van der Waals surface area contributed by atoms with Gasteiger partial charge >= 0.3 is 0 Å². The predicted molar refractivity (Wildman–Crippen MR) is 90.3 cm³/mol. The monoisotopic (exact) mass is 367 g/mol. The molecule has 0 spiro atoms. The topological polar surface area (TPSA) is 55.4 Å². The third kappa shape index (κ3) is 3.69. The standard InChI is InChI=1S/C17H22BrNO3/c1-17(2,3)13-8-10(14(20)9-18)7-12(15(13)22-4)16(21)19-11-5-6-11/h7-8,11H,5-6,9H2,1-4H3,(H,19,21). The average molecular weight is 368 g/mol. The van der Waals surface area contributed by atoms with Gasteiger partial charge in [0.15, 0.2) is 5.78 Å². The fraction of sp³-hybridized carbons (Fsp3) is 0.529. The van der Waals surface area contributed by atoms with Gasteiger partial charge in [0, 0.05) is 17.2 Å². The number of Topliss-reactive ketones (excluding diaryl/α,β-unsaturated/α-hetero) is 1. The second kappa shape index (κ2) is 6.41. The summed E-state index contributed by atoms with van der Waals surface area (Å²) in [5.41, 5.74) is 1.60. The molecular formula is C17H22BrNO3. The van der Waals surface area contributed by atoms with Gasteiger partial charge in [-0.05, 0) is 30.4 Å². The lowest BCUT2D eigenvalue weighted by molar-refractivity contribution is 0.0947. The number of halogens is 1. The summed E-state index contributed by atoms with van der Waals surface area (Å²) in [6.07, 6.45) is 2.03. The molecular weight excluding hydrogens is 346 g/mol. The van der Waals surface area contributed by atoms with Crippen molar-refractivity contribution in [2.75, 3.05) is 12.4 Å². The molecule has 0 unspecified atom stereocenters. The number of ketones is 1. The molecule has 0 saturated heterocycles. The molecule has 1 saturated carbocycles. The Bertz CT molecular complexity index is 601. The van der Waals surface area contributed by atoms with Crippen LogP contribution in [0, 0.1) is 0 Å². The van der Waals surface area contributed by atoms with Crippen molar-refractivity contribution in [1.82, 2.24) is 5.32 Å². The predicted octanol–water partition coefficient (Wildman–Crippen LogP) is 3.46. The lowest BCUT2D eigenvalue weighted by Crippen LogP contribution is -2.27. The maximum atomic E-state index is 12.5. The van der Waals surface area contributed by atoms with Gasteiger partial charge in [-0.15, -0.1) is 0 Å². The van der Waals surface area contributed by atoms with E-state index in [0.717, 1.165) is 18.4 Å². The van der Waals surface area contributed by atoms with Gasteiger partial charge in [0.2, 0.25) is 0 Å². The van der Waals surface area contributed by atoms with Crippen LogP contribution in [0.2, 0.25) is 0 Å². The molecule has 0 aliphatic heterocycles. The first-order chi connectivity index (χ1) is 10.3. The highest BCUT2D eigenvalue weighted by Gasteiger charge is 2.29. The maximum absolute atomic E-state index is 12.5. The number of carbonyl (C=O) groups excluding carboxylic acids is 2. The van der Waals surface area contributed by atoms with Crippen molar-refractivity contribution in [1.29, 1.82) is 0 Å². The molecule has 1 aromatic carbocycles. The summed E-state index contributed by atoms with van der Waals surface area (Å²) in [6.45, 7) is 6.11. The zero-order valence-electron chi connectivity index (χ0n) is 13.5. The Hall–Kier alpha value is -1.36. The number of alkyl halides is 1. The first-order valence-corrected chi connectivity index (χ1v) is 8.52. The molecule has 0 bridgehead atoms. The maximum Gasteiger partial charge on any atom is 0.255 e. The van der Waals surface area contributed by atoms with E-state index in [2.05, 4.69) is 21.2 Å². The van der Waals surface area contributed by atoms with Crippen LogP contribution in [0.4, 0.5) is 0 Å². The molecule has 120 valence electrons. The fourth-order valence-corrected chi connectivity index (χ4v) is 2.63. The summed E-state index contributed by atoms with van der Waals surface area (Å²) in [6, 6.07) is 3.72. The molecule has 1 aliphatic carbocycles. The van der Waals surface area contributed by atoms with Gasteiger partial charge in [-0.2, -0.15) is 0 Å². The van der Waals surface area contributed by atoms with Gasteiger partial charge in [-0.1, -0.05) is 36.7 Å². The molecule has 0 aromatic heterocycles. The molecule has 1 aromatic rings. The van der Waals surface area contributed by atoms with E-state index < -0.39 is 0 Å². The van der Waals surface area contributed by atoms with E-state index >= 15 is 0 Å². The van der Waals surface area contributed by atoms with Gasteiger partial charge in [0.05, 0.1) is 18.0 Å². The average Bonchev–Trinajstić information content (AvgIpc) is 3.27. The van der Waals surface area contributed by atoms with E-state index in [4.69, 9.17) is 4.74 Å². The number of hydrogen-bond acceptors (Lipinski definition) is 3. The highest BCUT2D eigenvalue weighted by molar-refractivity contribution is 9.09. The third-order valence-corrected chi connectivity index (χ3v) is 4.21. The molecule has 0 radical (unpaired) electrons. The summed E-state index contributed by atoms with van der Waals surface area (Å²) in [5, 5.41) is 3.19. The van der Waals surface area contributed by atoms with Crippen LogP contribution in [0.1, 0.15) is 59.9 Å². The summed E-state index contributed by atoms with van der Waals surface area (Å²) in [4.78, 5) is 24.6. The van der Waals surface area contributed by atoms with E-state index in [1.807, 2.05) is 26.8 Å². The Morgan fingerprint density at radius 1 is 1.32 bits per heavy atom. The summed E-state index contributed by atoms with van der Waals surface area (Å²) < 4.78 is 5.51. The zero-order chi connectivity index (χ0) is 16.5. The van der Waals surface area contributed by atoms with Crippen molar-refractivity contribution >= 4 is 27.6 Å². The van der Waals surface area contributed by atoms with E-state index in [9.17, 15) is 9.59 Å². The van der Waals surface area contributed by atoms with Crippen LogP contribution >= 0.6 is 15.9 Å². The smallest absolute Gasteiger partial charge is 0.255 e. The quantitative estimate of drug-likeness (QED) is 0.640. The van der Waals surface area contributed by atoms with Crippen molar-refractivity contribution in [3.8, 4) is 5.75 Å². The van der Waals surface area contributed by atoms with Crippen LogP contribution in [0.15, 0.2) is 12.1 Å². The Labute approximate surface area is 139 Å². The Balaban J connectivity index is 2.56. The Morgan fingerprint density at radius 3 is 2.41 bits per heavy atom. The van der Waals surface area contributed by atoms with Crippen LogP contribution < -0.4 is 10.1 Å². The van der Waals surface area contributed by atoms with Crippen molar-refractivity contribution in [2.45, 2.75) is 45.1 Å². The van der Waals surface area contributed by atoms with Gasteiger partial charge < -0.3 is 10.1 Å². The first kappa shape index (κ1) is 17.0. The SMILES string of the molecule is COc1c(C(=O)NC2CC2)cc(C(=O)CBr)cc1C(C)(C)C. The van der Waals surface area contributed by atoms with Crippen LogP contribution in [-0.4, -0.2) is 30.2 Å². The molecule has 2 rings (SSSR count). The minimum Gasteiger partial charge on any atom is -0.496 e. The molecule has 22 heavy (non-hydrogen) atoms. The van der Waals surface area contributed by atoms with Gasteiger partial charge in [-0.3, -0.25) is 9.59 Å². The number of benzene rings is 1. The van der Waals surface area contributed by atoms with Crippen molar-refractivity contribution in [3.05, 3.63) is 28.8 Å². The normalized spacial score (nSPS) is 14.6. The molecule has 5 heteroatoms. The second-order valence-electron chi connectivity index (χ2n) is 6.66. The number of amides is 1. The molecule has 0 atom stereocenters. The molecule has 0 heterocycles. The summed E-state index contributed by atoms with van der Waals surface area (Å²) >= 11 is 3.19. The van der Waals surface area contributed by atoms with Gasteiger partial charge in [0.25, 0.3) is 5.91 Å². The number of carbonyl (C=O) groups is 2. The highest BCUT2D eigenvalue weighted by atomic mass is 79.9. The number of ether oxygens (including phenoxy) is 1. The van der Waals surface area contributed by atoms with Gasteiger partial charge in [-0.25, -0.2) is 0 Å². The van der Waals surface area contributed by atoms with Crippen molar-refractivity contribution in [2.24, 2.45) is 0 Å². The lowest BCUT2D eigenvalue weighted by atomic mass is 9.83. The lowest BCUT2D eigenvalue weighted by Gasteiger charge is -2.24. The van der Waals surface area contributed by atoms with E-state index in [1.54, 1.807) is 13.2 Å². The van der Waals surface area contributed by atoms with Crippen LogP contribution in [0.5, 0.6) is 5.75 Å². The Morgan fingerprint density at radius 2 is 1.95 bits per heavy atom. The first-order valence-electron chi connectivity index (χ1n) is 7.40. The number of nitrogens with one attached hydrogen (secondary N) is 1. The Kier molecular flexibility index (Phi) is 4.95. The van der Waals surface area contributed by atoms with E-state index in [0.29, 0.717) is 16.9 Å². The molecule has 1 amide bonds. The zero-order valence-corrected chi connectivity index (χ0v) is 15.0. The highest BCUT2D eigenvalue weighted by Crippen LogP contribution is 2.36. The summed E-state index contributed by atoms with van der Waals surface area (Å²) in [7, 11) is 1.56. The molecule has 1 N–H and O–H groups in total. The number of rotatable bonds is 5. The van der Waals surface area contributed by atoms with Crippen LogP contribution in [0.25, 0.3) is 0 Å². The van der Waals surface area contributed by atoms with Crippen molar-refractivity contribution in [3.63, 3.8) is 0 Å². The molecule has 4 nitrogen and oxygen atoms in total. The van der Waals surface area contributed by atoms with Gasteiger partial charge in [0.1, 0.15) is 5.75 Å². The van der Waals surface area contributed by atoms with Crippen LogP contribution in [0.3, 0.4) is 0 Å². The van der Waals surface area contributed by atoms with Crippen molar-refractivity contribution < 1.29 is 14.3 Å². The number of methoxy groups -OCH3 is 1. The second-order valence-corrected chi connectivity index (χ2v) is 7.22. The third-order valence-electron chi connectivity index (χ3n) is 3.70. The minimum atomic E-state index is -0.234. The largest absolute Gasteiger partial charge is 0.496 e. The van der Waals surface area contributed by atoms with Crippen LogP contribution in [-0.2, 0) is 5.41 Å².